The molecule has 0 aromatic heterocycles. The van der Waals surface area contributed by atoms with E-state index in [4.69, 9.17) is 21.1 Å². The Morgan fingerprint density at radius 3 is 2.48 bits per heavy atom. The molecule has 0 aliphatic carbocycles. The summed E-state index contributed by atoms with van der Waals surface area (Å²) in [6.45, 7) is 2.20. The van der Waals surface area contributed by atoms with Crippen molar-refractivity contribution in [1.29, 1.82) is 0 Å². The van der Waals surface area contributed by atoms with Gasteiger partial charge in [-0.3, -0.25) is 14.5 Å². The van der Waals surface area contributed by atoms with Crippen LogP contribution in [0.2, 0.25) is 0 Å². The van der Waals surface area contributed by atoms with Crippen molar-refractivity contribution in [3.05, 3.63) is 46.4 Å². The molecule has 0 radical (unpaired) electrons. The van der Waals surface area contributed by atoms with Crippen LogP contribution in [0.3, 0.4) is 0 Å². The molecular formula is C21H26ClNO5S. The smallest absolute Gasteiger partial charge is 0.327 e. The molecule has 0 saturated carbocycles. The minimum absolute atomic E-state index is 0.0368. The first-order chi connectivity index (χ1) is 13.9. The molecular weight excluding hydrogens is 414 g/mol. The van der Waals surface area contributed by atoms with Gasteiger partial charge in [0.05, 0.1) is 26.1 Å². The van der Waals surface area contributed by atoms with Crippen LogP contribution in [-0.4, -0.2) is 48.2 Å². The third-order valence-electron chi connectivity index (χ3n) is 4.63. The maximum atomic E-state index is 12.6. The van der Waals surface area contributed by atoms with Crippen LogP contribution in [0.25, 0.3) is 0 Å². The molecule has 1 aromatic carbocycles. The molecule has 6 nitrogen and oxygen atoms in total. The minimum Gasteiger partial charge on any atom is -0.469 e. The van der Waals surface area contributed by atoms with Crippen molar-refractivity contribution >= 4 is 40.4 Å². The second-order valence-corrected chi connectivity index (χ2v) is 8.31. The van der Waals surface area contributed by atoms with Gasteiger partial charge in [0.25, 0.3) is 0 Å². The Balaban J connectivity index is 2.38. The number of rotatable bonds is 8. The third-order valence-corrected chi connectivity index (χ3v) is 6.17. The van der Waals surface area contributed by atoms with Gasteiger partial charge in [0.2, 0.25) is 0 Å². The standard InChI is InChI=1S/C21H26ClNO5S/c1-4-8-19(25)29-16-12-17(22)23(13-15(16)11-18(24)27-2)20(21(26)28-3)14-9-6-5-7-10-14/h5-7,9-10,17,20H,4,8,11-13H2,1-3H3/t17?,20-/m0/s1. The highest BCUT2D eigenvalue weighted by Gasteiger charge is 2.38. The molecule has 2 rings (SSSR count). The average molecular weight is 440 g/mol. The van der Waals surface area contributed by atoms with E-state index in [1.807, 2.05) is 37.3 Å². The van der Waals surface area contributed by atoms with Crippen LogP contribution in [0.1, 0.15) is 44.2 Å². The number of carbonyl (C=O) groups is 3. The summed E-state index contributed by atoms with van der Waals surface area (Å²) in [6.07, 6.45) is 1.60. The summed E-state index contributed by atoms with van der Waals surface area (Å²) in [5, 5.41) is 0.0368. The molecule has 2 atom stereocenters. The zero-order chi connectivity index (χ0) is 21.4. The Morgan fingerprint density at radius 2 is 1.90 bits per heavy atom. The molecule has 0 fully saturated rings. The fraction of sp³-hybridized carbons (Fsp3) is 0.476. The number of halogens is 1. The van der Waals surface area contributed by atoms with Crippen molar-refractivity contribution < 1.29 is 23.9 Å². The van der Waals surface area contributed by atoms with E-state index >= 15 is 0 Å². The average Bonchev–Trinajstić information content (AvgIpc) is 2.71. The Morgan fingerprint density at radius 1 is 1.21 bits per heavy atom. The second kappa shape index (κ2) is 11.4. The first kappa shape index (κ1) is 23.4. The lowest BCUT2D eigenvalue weighted by Crippen LogP contribution is -2.44. The lowest BCUT2D eigenvalue weighted by Gasteiger charge is -2.38. The molecule has 0 N–H and O–H groups in total. The molecule has 0 saturated heterocycles. The van der Waals surface area contributed by atoms with Gasteiger partial charge < -0.3 is 9.47 Å². The number of nitrogens with zero attached hydrogens (tertiary/aromatic N) is 1. The van der Waals surface area contributed by atoms with Crippen LogP contribution in [-0.2, 0) is 23.9 Å². The summed E-state index contributed by atoms with van der Waals surface area (Å²) < 4.78 is 9.84. The Hall–Kier alpha value is -1.83. The number of alkyl halides is 1. The van der Waals surface area contributed by atoms with Crippen LogP contribution in [0.5, 0.6) is 0 Å². The van der Waals surface area contributed by atoms with Crippen molar-refractivity contribution in [2.75, 3.05) is 20.8 Å². The van der Waals surface area contributed by atoms with Crippen LogP contribution < -0.4 is 0 Å². The molecule has 158 valence electrons. The van der Waals surface area contributed by atoms with Gasteiger partial charge >= 0.3 is 11.9 Å². The molecule has 1 unspecified atom stereocenters. The zero-order valence-electron chi connectivity index (χ0n) is 16.9. The van der Waals surface area contributed by atoms with Crippen molar-refractivity contribution in [2.45, 2.75) is 44.1 Å². The van der Waals surface area contributed by atoms with Crippen molar-refractivity contribution in [3.63, 3.8) is 0 Å². The number of benzene rings is 1. The maximum Gasteiger partial charge on any atom is 0.327 e. The number of thioether (sulfide) groups is 1. The predicted molar refractivity (Wildman–Crippen MR) is 113 cm³/mol. The van der Waals surface area contributed by atoms with Crippen molar-refractivity contribution in [3.8, 4) is 0 Å². The van der Waals surface area contributed by atoms with Gasteiger partial charge in [-0.05, 0) is 22.5 Å². The Bertz CT molecular complexity index is 768. The molecule has 0 spiro atoms. The molecule has 1 aromatic rings. The van der Waals surface area contributed by atoms with E-state index in [-0.39, 0.29) is 18.1 Å². The van der Waals surface area contributed by atoms with Gasteiger partial charge in [0.1, 0.15) is 6.04 Å². The molecule has 0 bridgehead atoms. The van der Waals surface area contributed by atoms with Gasteiger partial charge in [-0.2, -0.15) is 0 Å². The largest absolute Gasteiger partial charge is 0.469 e. The van der Waals surface area contributed by atoms with Crippen molar-refractivity contribution in [2.24, 2.45) is 0 Å². The highest BCUT2D eigenvalue weighted by atomic mass is 35.5. The lowest BCUT2D eigenvalue weighted by molar-refractivity contribution is -0.147. The van der Waals surface area contributed by atoms with E-state index in [0.29, 0.717) is 12.8 Å². The predicted octanol–water partition coefficient (Wildman–Crippen LogP) is 4.05. The molecule has 29 heavy (non-hydrogen) atoms. The summed E-state index contributed by atoms with van der Waals surface area (Å²) in [5.41, 5.74) is 0.964. The first-order valence-electron chi connectivity index (χ1n) is 9.42. The SMILES string of the molecule is CCCC(=O)SC1=C(CC(=O)OC)CN([C@H](C(=O)OC)c2ccccc2)C(Cl)C1. The summed E-state index contributed by atoms with van der Waals surface area (Å²) in [5.74, 6) is -0.833. The Labute approximate surface area is 180 Å². The van der Waals surface area contributed by atoms with Gasteiger partial charge in [-0.1, -0.05) is 49.0 Å². The number of esters is 2. The third kappa shape index (κ3) is 6.32. The minimum atomic E-state index is -0.714. The molecule has 1 aliphatic rings. The summed E-state index contributed by atoms with van der Waals surface area (Å²) in [6, 6.07) is 8.51. The summed E-state index contributed by atoms with van der Waals surface area (Å²) >= 11 is 7.80. The van der Waals surface area contributed by atoms with Crippen LogP contribution in [0.15, 0.2) is 40.8 Å². The van der Waals surface area contributed by atoms with Crippen LogP contribution in [0, 0.1) is 0 Å². The quantitative estimate of drug-likeness (QED) is 0.343. The molecule has 0 amide bonds. The van der Waals surface area contributed by atoms with Gasteiger partial charge in [0, 0.05) is 19.4 Å². The monoisotopic (exact) mass is 439 g/mol. The van der Waals surface area contributed by atoms with Gasteiger partial charge in [0.15, 0.2) is 5.12 Å². The topological polar surface area (TPSA) is 72.9 Å². The fourth-order valence-electron chi connectivity index (χ4n) is 3.19. The van der Waals surface area contributed by atoms with E-state index in [2.05, 4.69) is 0 Å². The Kier molecular flexibility index (Phi) is 9.20. The van der Waals surface area contributed by atoms with Gasteiger partial charge in [-0.15, -0.1) is 11.6 Å². The van der Waals surface area contributed by atoms with E-state index in [9.17, 15) is 14.4 Å². The molecule has 1 aliphatic heterocycles. The van der Waals surface area contributed by atoms with E-state index in [1.54, 1.807) is 4.90 Å². The highest BCUT2D eigenvalue weighted by molar-refractivity contribution is 8.16. The number of hydrogen-bond donors (Lipinski definition) is 0. The van der Waals surface area contributed by atoms with Crippen LogP contribution >= 0.6 is 23.4 Å². The summed E-state index contributed by atoms with van der Waals surface area (Å²) in [4.78, 5) is 39.3. The zero-order valence-corrected chi connectivity index (χ0v) is 18.4. The van der Waals surface area contributed by atoms with E-state index in [0.717, 1.165) is 34.2 Å². The van der Waals surface area contributed by atoms with Gasteiger partial charge in [-0.25, -0.2) is 4.79 Å². The highest BCUT2D eigenvalue weighted by Crippen LogP contribution is 2.39. The number of carbonyl (C=O) groups excluding carboxylic acids is 3. The number of ether oxygens (including phenoxy) is 2. The second-order valence-electron chi connectivity index (χ2n) is 6.65. The van der Waals surface area contributed by atoms with E-state index < -0.39 is 23.5 Å². The lowest BCUT2D eigenvalue weighted by atomic mass is 9.99. The molecule has 8 heteroatoms. The number of hydrogen-bond acceptors (Lipinski definition) is 7. The maximum absolute atomic E-state index is 12.6. The van der Waals surface area contributed by atoms with E-state index in [1.165, 1.54) is 14.2 Å². The number of methoxy groups -OCH3 is 2. The van der Waals surface area contributed by atoms with Crippen LogP contribution in [0.4, 0.5) is 0 Å². The van der Waals surface area contributed by atoms with Crippen molar-refractivity contribution in [1.82, 2.24) is 4.90 Å². The molecule has 1 heterocycles. The fourth-order valence-corrected chi connectivity index (χ4v) is 4.72. The first-order valence-corrected chi connectivity index (χ1v) is 10.7. The normalized spacial score (nSPS) is 18.3. The summed E-state index contributed by atoms with van der Waals surface area (Å²) in [7, 11) is 2.66.